The number of fused-ring (bicyclic) bond motifs is 6. The first-order valence-electron chi connectivity index (χ1n) is 14.4. The van der Waals surface area contributed by atoms with Gasteiger partial charge in [-0.25, -0.2) is 0 Å². The predicted octanol–water partition coefficient (Wildman–Crippen LogP) is 6.54. The van der Waals surface area contributed by atoms with Crippen molar-refractivity contribution in [1.82, 2.24) is 4.90 Å². The first-order valence-corrected chi connectivity index (χ1v) is 14.4. The van der Waals surface area contributed by atoms with E-state index in [0.29, 0.717) is 28.1 Å². The molecule has 1 N–H and O–H groups in total. The Balaban J connectivity index is 1.52. The Kier molecular flexibility index (Phi) is 6.35. The number of ketones is 2. The molecule has 212 valence electrons. The zero-order valence-electron chi connectivity index (χ0n) is 23.7. The summed E-state index contributed by atoms with van der Waals surface area (Å²) in [5.41, 5.74) is 3.64. The second-order valence-corrected chi connectivity index (χ2v) is 11.3. The highest BCUT2D eigenvalue weighted by Crippen LogP contribution is 2.62. The molecule has 6 nitrogen and oxygen atoms in total. The number of benzene rings is 4. The van der Waals surface area contributed by atoms with Gasteiger partial charge in [0.05, 0.1) is 17.5 Å². The number of ether oxygens (including phenoxy) is 1. The molecule has 0 aliphatic carbocycles. The Bertz CT molecular complexity index is 1820. The van der Waals surface area contributed by atoms with Gasteiger partial charge in [-0.05, 0) is 47.9 Å². The van der Waals surface area contributed by atoms with E-state index < -0.39 is 23.4 Å². The molecule has 0 unspecified atom stereocenters. The maximum Gasteiger partial charge on any atom is 0.238 e. The predicted molar refractivity (Wildman–Crippen MR) is 166 cm³/mol. The molecule has 3 aliphatic heterocycles. The first kappa shape index (κ1) is 26.7. The van der Waals surface area contributed by atoms with Crippen LogP contribution in [0.1, 0.15) is 49.0 Å². The van der Waals surface area contributed by atoms with Gasteiger partial charge in [0.25, 0.3) is 0 Å². The van der Waals surface area contributed by atoms with Gasteiger partial charge in [0.1, 0.15) is 23.8 Å². The Morgan fingerprint density at radius 2 is 1.65 bits per heavy atom. The summed E-state index contributed by atoms with van der Waals surface area (Å²) in [4.78, 5) is 46.3. The molecule has 3 heterocycles. The highest BCUT2D eigenvalue weighted by Gasteiger charge is 2.70. The maximum absolute atomic E-state index is 15.1. The largest absolute Gasteiger partial charge is 0.489 e. The number of carbonyl (C=O) groups is 3. The number of nitrogens with zero attached hydrogens (tertiary/aromatic N) is 1. The van der Waals surface area contributed by atoms with E-state index in [4.69, 9.17) is 4.74 Å². The van der Waals surface area contributed by atoms with Crippen LogP contribution in [0.3, 0.4) is 0 Å². The molecule has 6 heteroatoms. The van der Waals surface area contributed by atoms with Gasteiger partial charge in [0, 0.05) is 17.5 Å². The van der Waals surface area contributed by atoms with E-state index in [0.717, 1.165) is 16.7 Å². The van der Waals surface area contributed by atoms with Crippen LogP contribution in [0.5, 0.6) is 5.75 Å². The Hall–Kier alpha value is -5.23. The van der Waals surface area contributed by atoms with Crippen LogP contribution in [0.4, 0.5) is 5.69 Å². The van der Waals surface area contributed by atoms with Crippen molar-refractivity contribution in [2.24, 2.45) is 5.92 Å². The van der Waals surface area contributed by atoms with Gasteiger partial charge >= 0.3 is 0 Å². The average molecular weight is 567 g/mol. The van der Waals surface area contributed by atoms with Crippen molar-refractivity contribution in [2.45, 2.75) is 24.4 Å². The number of amides is 1. The summed E-state index contributed by atoms with van der Waals surface area (Å²) in [7, 11) is 0. The number of hydrogen-bond donors (Lipinski definition) is 1. The van der Waals surface area contributed by atoms with Crippen LogP contribution in [0, 0.1) is 12.8 Å². The molecule has 3 aliphatic rings. The van der Waals surface area contributed by atoms with E-state index in [9.17, 15) is 9.59 Å². The van der Waals surface area contributed by atoms with Crippen molar-refractivity contribution in [3.63, 3.8) is 0 Å². The smallest absolute Gasteiger partial charge is 0.238 e. The van der Waals surface area contributed by atoms with Crippen molar-refractivity contribution in [3.05, 3.63) is 149 Å². The second kappa shape index (κ2) is 10.2. The maximum atomic E-state index is 15.1. The standard InChI is InChI=1S/C37H30N2O4/c1-3-22-43-30-15-9-6-12-27(30)34(41)31-32(33(40)25-18-16-23(2)17-19-25)39-21-20-24-10-4-5-11-26(24)35(39)37(31)28-13-7-8-14-29(28)38-36(37)42/h3-21,31-32,35H,1,22H2,2H3,(H,38,42)/t31-,32+,35-,37+/m1/s1. The van der Waals surface area contributed by atoms with Gasteiger partial charge in [0.2, 0.25) is 5.91 Å². The van der Waals surface area contributed by atoms with Gasteiger partial charge in [0.15, 0.2) is 11.6 Å². The topological polar surface area (TPSA) is 75.7 Å². The molecule has 1 spiro atoms. The summed E-state index contributed by atoms with van der Waals surface area (Å²) < 4.78 is 5.93. The Morgan fingerprint density at radius 1 is 0.930 bits per heavy atom. The first-order chi connectivity index (χ1) is 21.0. The van der Waals surface area contributed by atoms with Crippen LogP contribution in [-0.2, 0) is 10.2 Å². The summed E-state index contributed by atoms with van der Waals surface area (Å²) in [6.07, 6.45) is 5.46. The molecular weight excluding hydrogens is 536 g/mol. The van der Waals surface area contributed by atoms with Crippen LogP contribution in [0.2, 0.25) is 0 Å². The van der Waals surface area contributed by atoms with Gasteiger partial charge in [-0.1, -0.05) is 97.1 Å². The van der Waals surface area contributed by atoms with E-state index >= 15 is 4.79 Å². The van der Waals surface area contributed by atoms with Crippen LogP contribution < -0.4 is 10.1 Å². The normalized spacial score (nSPS) is 22.9. The van der Waals surface area contributed by atoms with Crippen molar-refractivity contribution in [1.29, 1.82) is 0 Å². The molecule has 1 saturated heterocycles. The summed E-state index contributed by atoms with van der Waals surface area (Å²) in [5.74, 6) is -1.52. The number of rotatable bonds is 7. The van der Waals surface area contributed by atoms with Crippen molar-refractivity contribution in [3.8, 4) is 5.75 Å². The van der Waals surface area contributed by atoms with E-state index in [2.05, 4.69) is 11.9 Å². The molecule has 0 radical (unpaired) electrons. The molecule has 1 amide bonds. The minimum Gasteiger partial charge on any atom is -0.489 e. The van der Waals surface area contributed by atoms with E-state index in [-0.39, 0.29) is 24.1 Å². The molecular formula is C37H30N2O4. The third-order valence-electron chi connectivity index (χ3n) is 8.97. The fraction of sp³-hybridized carbons (Fsp3) is 0.162. The van der Waals surface area contributed by atoms with Crippen LogP contribution >= 0.6 is 0 Å². The SMILES string of the molecule is C=CCOc1ccccc1C(=O)[C@H]1[C@@H](C(=O)c2ccc(C)cc2)N2C=Cc3ccccc3[C@@H]2[C@@]12C(=O)Nc1ccccc12. The number of aryl methyl sites for hydroxylation is 1. The Labute approximate surface area is 250 Å². The molecule has 4 aromatic carbocycles. The minimum absolute atomic E-state index is 0.208. The van der Waals surface area contributed by atoms with Crippen LogP contribution in [0.15, 0.2) is 116 Å². The number of para-hydroxylation sites is 2. The molecule has 4 aromatic rings. The fourth-order valence-electron chi connectivity index (χ4n) is 7.17. The quantitative estimate of drug-likeness (QED) is 0.203. The molecule has 0 saturated carbocycles. The number of hydrogen-bond acceptors (Lipinski definition) is 5. The van der Waals surface area contributed by atoms with Crippen molar-refractivity contribution < 1.29 is 19.1 Å². The molecule has 0 aromatic heterocycles. The molecule has 1 fully saturated rings. The van der Waals surface area contributed by atoms with Gasteiger partial charge < -0.3 is 15.0 Å². The number of carbonyl (C=O) groups excluding carboxylic acids is 3. The molecule has 4 atom stereocenters. The highest BCUT2D eigenvalue weighted by atomic mass is 16.5. The summed E-state index contributed by atoms with van der Waals surface area (Å²) in [6.45, 7) is 5.92. The minimum atomic E-state index is -1.40. The molecule has 7 rings (SSSR count). The average Bonchev–Trinajstić information content (AvgIpc) is 3.52. The zero-order valence-corrected chi connectivity index (χ0v) is 23.7. The van der Waals surface area contributed by atoms with Crippen LogP contribution in [0.25, 0.3) is 6.08 Å². The van der Waals surface area contributed by atoms with Gasteiger partial charge in [-0.3, -0.25) is 14.4 Å². The number of nitrogens with one attached hydrogen (secondary N) is 1. The Morgan fingerprint density at radius 3 is 2.47 bits per heavy atom. The number of Topliss-reactive ketones (excluding diaryl/α,β-unsaturated/α-hetero) is 2. The highest BCUT2D eigenvalue weighted by molar-refractivity contribution is 6.17. The fourth-order valence-corrected chi connectivity index (χ4v) is 7.17. The summed E-state index contributed by atoms with van der Waals surface area (Å²) in [5, 5.41) is 3.09. The van der Waals surface area contributed by atoms with Crippen LogP contribution in [-0.4, -0.2) is 35.0 Å². The lowest BCUT2D eigenvalue weighted by atomic mass is 9.62. The van der Waals surface area contributed by atoms with Crippen molar-refractivity contribution >= 4 is 29.2 Å². The van der Waals surface area contributed by atoms with Gasteiger partial charge in [-0.2, -0.15) is 0 Å². The summed E-state index contributed by atoms with van der Waals surface area (Å²) >= 11 is 0. The third-order valence-corrected chi connectivity index (χ3v) is 8.97. The monoisotopic (exact) mass is 566 g/mol. The molecule has 43 heavy (non-hydrogen) atoms. The third kappa shape index (κ3) is 3.90. The molecule has 0 bridgehead atoms. The van der Waals surface area contributed by atoms with E-state index in [1.807, 2.05) is 84.8 Å². The number of anilines is 1. The lowest BCUT2D eigenvalue weighted by Gasteiger charge is -2.38. The van der Waals surface area contributed by atoms with E-state index in [1.54, 1.807) is 42.5 Å². The van der Waals surface area contributed by atoms with Crippen molar-refractivity contribution in [2.75, 3.05) is 11.9 Å². The second-order valence-electron chi connectivity index (χ2n) is 11.3. The summed E-state index contributed by atoms with van der Waals surface area (Å²) in [6, 6.07) is 28.2. The van der Waals surface area contributed by atoms with Gasteiger partial charge in [-0.15, -0.1) is 0 Å². The zero-order chi connectivity index (χ0) is 29.7. The lowest BCUT2D eigenvalue weighted by Crippen LogP contribution is -2.49. The van der Waals surface area contributed by atoms with E-state index in [1.165, 1.54) is 0 Å². The lowest BCUT2D eigenvalue weighted by molar-refractivity contribution is -0.122.